The van der Waals surface area contributed by atoms with Gasteiger partial charge in [-0.2, -0.15) is 0 Å². The topological polar surface area (TPSA) is 95.6 Å². The number of hydrogen-bond donors (Lipinski definition) is 2. The van der Waals surface area contributed by atoms with Crippen LogP contribution in [0.1, 0.15) is 41.3 Å². The SMILES string of the molecule is CC1Cc2cc(C(=O)NC(Cc3ccccc3)C(=O)NC3CC3)ccc2N1S(C)(=O)=O. The molecule has 0 aromatic heterocycles. The molecule has 1 fully saturated rings. The van der Waals surface area contributed by atoms with Crippen molar-refractivity contribution in [2.24, 2.45) is 0 Å². The maximum absolute atomic E-state index is 13.0. The Balaban J connectivity index is 1.53. The molecule has 2 amide bonds. The molecule has 1 saturated carbocycles. The highest BCUT2D eigenvalue weighted by Crippen LogP contribution is 2.34. The van der Waals surface area contributed by atoms with Crippen LogP contribution in [0.3, 0.4) is 0 Å². The van der Waals surface area contributed by atoms with E-state index >= 15 is 0 Å². The highest BCUT2D eigenvalue weighted by Gasteiger charge is 2.33. The lowest BCUT2D eigenvalue weighted by Crippen LogP contribution is -2.48. The fourth-order valence-electron chi connectivity index (χ4n) is 4.08. The van der Waals surface area contributed by atoms with Crippen LogP contribution in [0.4, 0.5) is 5.69 Å². The Hall–Kier alpha value is -2.87. The highest BCUT2D eigenvalue weighted by molar-refractivity contribution is 7.92. The number of carbonyl (C=O) groups excluding carboxylic acids is 2. The number of hydrogen-bond acceptors (Lipinski definition) is 4. The van der Waals surface area contributed by atoms with Crippen molar-refractivity contribution < 1.29 is 18.0 Å². The largest absolute Gasteiger partial charge is 0.352 e. The minimum Gasteiger partial charge on any atom is -0.352 e. The summed E-state index contributed by atoms with van der Waals surface area (Å²) in [6, 6.07) is 13.9. The Morgan fingerprint density at radius 1 is 1.13 bits per heavy atom. The van der Waals surface area contributed by atoms with Gasteiger partial charge < -0.3 is 10.6 Å². The van der Waals surface area contributed by atoms with E-state index in [-0.39, 0.29) is 23.9 Å². The second kappa shape index (κ2) is 8.34. The van der Waals surface area contributed by atoms with Crippen molar-refractivity contribution in [3.63, 3.8) is 0 Å². The fourth-order valence-corrected chi connectivity index (χ4v) is 5.34. The van der Waals surface area contributed by atoms with Gasteiger partial charge in [0.2, 0.25) is 15.9 Å². The first kappa shape index (κ1) is 21.4. The highest BCUT2D eigenvalue weighted by atomic mass is 32.2. The van der Waals surface area contributed by atoms with Gasteiger partial charge in [0, 0.05) is 24.1 Å². The van der Waals surface area contributed by atoms with Crippen LogP contribution in [0.5, 0.6) is 0 Å². The number of nitrogens with zero attached hydrogens (tertiary/aromatic N) is 1. The Labute approximate surface area is 182 Å². The predicted molar refractivity (Wildman–Crippen MR) is 119 cm³/mol. The third-order valence-electron chi connectivity index (χ3n) is 5.68. The summed E-state index contributed by atoms with van der Waals surface area (Å²) in [6.45, 7) is 1.85. The van der Waals surface area contributed by atoms with Crippen LogP contribution in [0, 0.1) is 0 Å². The van der Waals surface area contributed by atoms with Crippen molar-refractivity contribution in [2.45, 2.75) is 50.7 Å². The van der Waals surface area contributed by atoms with E-state index in [2.05, 4.69) is 10.6 Å². The van der Waals surface area contributed by atoms with Gasteiger partial charge in [-0.25, -0.2) is 8.42 Å². The van der Waals surface area contributed by atoms with Crippen molar-refractivity contribution in [3.05, 3.63) is 65.2 Å². The number of anilines is 1. The Kier molecular flexibility index (Phi) is 5.75. The summed E-state index contributed by atoms with van der Waals surface area (Å²) >= 11 is 0. The van der Waals surface area contributed by atoms with E-state index in [4.69, 9.17) is 0 Å². The van der Waals surface area contributed by atoms with Gasteiger partial charge in [-0.05, 0) is 55.5 Å². The molecular weight excluding hydrogens is 414 g/mol. The molecular formula is C23H27N3O4S. The number of fused-ring (bicyclic) bond motifs is 1. The van der Waals surface area contributed by atoms with Crippen LogP contribution in [0.2, 0.25) is 0 Å². The van der Waals surface area contributed by atoms with E-state index in [1.807, 2.05) is 37.3 Å². The monoisotopic (exact) mass is 441 g/mol. The number of carbonyl (C=O) groups is 2. The van der Waals surface area contributed by atoms with Crippen LogP contribution in [0.15, 0.2) is 48.5 Å². The van der Waals surface area contributed by atoms with E-state index in [0.717, 1.165) is 24.0 Å². The molecule has 2 aromatic carbocycles. The molecule has 164 valence electrons. The Bertz CT molecular complexity index is 1100. The van der Waals surface area contributed by atoms with Crippen molar-refractivity contribution in [2.75, 3.05) is 10.6 Å². The molecule has 8 heteroatoms. The molecule has 0 spiro atoms. The first-order chi connectivity index (χ1) is 14.7. The van der Waals surface area contributed by atoms with Gasteiger partial charge >= 0.3 is 0 Å². The quantitative estimate of drug-likeness (QED) is 0.687. The van der Waals surface area contributed by atoms with E-state index in [1.54, 1.807) is 18.2 Å². The first-order valence-electron chi connectivity index (χ1n) is 10.5. The molecule has 1 aliphatic heterocycles. The van der Waals surface area contributed by atoms with Crippen LogP contribution in [0.25, 0.3) is 0 Å². The lowest BCUT2D eigenvalue weighted by atomic mass is 10.0. The van der Waals surface area contributed by atoms with Crippen LogP contribution < -0.4 is 14.9 Å². The molecule has 2 aliphatic rings. The van der Waals surface area contributed by atoms with Crippen molar-refractivity contribution >= 4 is 27.5 Å². The minimum atomic E-state index is -3.39. The summed E-state index contributed by atoms with van der Waals surface area (Å²) in [5, 5.41) is 5.85. The standard InChI is InChI=1S/C23H27N3O4S/c1-15-12-18-14-17(8-11-21(18)26(15)31(2,29)30)22(27)25-20(23(28)24-19-9-10-19)13-16-6-4-3-5-7-16/h3-8,11,14-15,19-20H,9-10,12-13H2,1-2H3,(H,24,28)(H,25,27). The summed E-state index contributed by atoms with van der Waals surface area (Å²) in [5.41, 5.74) is 2.80. The Morgan fingerprint density at radius 2 is 1.84 bits per heavy atom. The number of rotatable bonds is 7. The molecule has 4 rings (SSSR count). The number of nitrogens with one attached hydrogen (secondary N) is 2. The van der Waals surface area contributed by atoms with E-state index in [9.17, 15) is 18.0 Å². The summed E-state index contributed by atoms with van der Waals surface area (Å²) in [6.07, 6.45) is 4.06. The molecule has 1 aliphatic carbocycles. The zero-order valence-electron chi connectivity index (χ0n) is 17.7. The van der Waals surface area contributed by atoms with Gasteiger partial charge in [0.1, 0.15) is 6.04 Å². The molecule has 2 atom stereocenters. The fraction of sp³-hybridized carbons (Fsp3) is 0.391. The maximum Gasteiger partial charge on any atom is 0.251 e. The predicted octanol–water partition coefficient (Wildman–Crippen LogP) is 2.02. The van der Waals surface area contributed by atoms with Gasteiger partial charge in [0.05, 0.1) is 11.9 Å². The van der Waals surface area contributed by atoms with E-state index < -0.39 is 16.1 Å². The van der Waals surface area contributed by atoms with Gasteiger partial charge in [-0.3, -0.25) is 13.9 Å². The lowest BCUT2D eigenvalue weighted by molar-refractivity contribution is -0.123. The summed E-state index contributed by atoms with van der Waals surface area (Å²) < 4.78 is 25.6. The average molecular weight is 442 g/mol. The van der Waals surface area contributed by atoms with E-state index in [1.165, 1.54) is 10.6 Å². The summed E-state index contributed by atoms with van der Waals surface area (Å²) in [7, 11) is -3.39. The molecule has 2 N–H and O–H groups in total. The molecule has 2 unspecified atom stereocenters. The van der Waals surface area contributed by atoms with E-state index in [0.29, 0.717) is 24.1 Å². The molecule has 0 bridgehead atoms. The maximum atomic E-state index is 13.0. The lowest BCUT2D eigenvalue weighted by Gasteiger charge is -2.22. The zero-order chi connectivity index (χ0) is 22.2. The normalized spacial score (nSPS) is 18.9. The summed E-state index contributed by atoms with van der Waals surface area (Å²) in [5.74, 6) is -0.530. The summed E-state index contributed by atoms with van der Waals surface area (Å²) in [4.78, 5) is 25.7. The molecule has 31 heavy (non-hydrogen) atoms. The molecule has 0 saturated heterocycles. The third kappa shape index (κ3) is 4.90. The smallest absolute Gasteiger partial charge is 0.251 e. The van der Waals surface area contributed by atoms with Gasteiger partial charge in [-0.1, -0.05) is 30.3 Å². The second-order valence-corrected chi connectivity index (χ2v) is 10.3. The van der Waals surface area contributed by atoms with Crippen molar-refractivity contribution in [1.82, 2.24) is 10.6 Å². The Morgan fingerprint density at radius 3 is 2.48 bits per heavy atom. The van der Waals surface area contributed by atoms with Crippen LogP contribution >= 0.6 is 0 Å². The van der Waals surface area contributed by atoms with Gasteiger partial charge in [0.15, 0.2) is 0 Å². The van der Waals surface area contributed by atoms with Crippen molar-refractivity contribution in [1.29, 1.82) is 0 Å². The molecule has 7 nitrogen and oxygen atoms in total. The zero-order valence-corrected chi connectivity index (χ0v) is 18.5. The van der Waals surface area contributed by atoms with Gasteiger partial charge in [0.25, 0.3) is 5.91 Å². The average Bonchev–Trinajstić information content (AvgIpc) is 3.45. The number of sulfonamides is 1. The molecule has 1 heterocycles. The van der Waals surface area contributed by atoms with Crippen molar-refractivity contribution in [3.8, 4) is 0 Å². The first-order valence-corrected chi connectivity index (χ1v) is 12.3. The second-order valence-electron chi connectivity index (χ2n) is 8.45. The number of amides is 2. The number of benzene rings is 2. The van der Waals surface area contributed by atoms with Gasteiger partial charge in [-0.15, -0.1) is 0 Å². The molecule has 0 radical (unpaired) electrons. The third-order valence-corrected chi connectivity index (χ3v) is 6.95. The molecule has 2 aromatic rings. The minimum absolute atomic E-state index is 0.183. The van der Waals surface area contributed by atoms with Crippen LogP contribution in [-0.4, -0.2) is 44.6 Å². The van der Waals surface area contributed by atoms with Crippen LogP contribution in [-0.2, 0) is 27.7 Å².